The van der Waals surface area contributed by atoms with E-state index in [0.717, 1.165) is 63.2 Å². The van der Waals surface area contributed by atoms with E-state index < -0.39 is 0 Å². The highest BCUT2D eigenvalue weighted by Crippen LogP contribution is 2.39. The number of aryl methyl sites for hydroxylation is 5. The number of aromatic amines is 1. The molecule has 0 aliphatic carbocycles. The molecule has 1 aliphatic rings. The Hall–Kier alpha value is -3.16. The van der Waals surface area contributed by atoms with Crippen molar-refractivity contribution in [1.29, 1.82) is 0 Å². The molecule has 0 bridgehead atoms. The fourth-order valence-electron chi connectivity index (χ4n) is 5.37. The van der Waals surface area contributed by atoms with E-state index >= 15 is 4.39 Å². The summed E-state index contributed by atoms with van der Waals surface area (Å²) in [4.78, 5) is 12.4. The molecule has 194 valence electrons. The van der Waals surface area contributed by atoms with E-state index in [0.29, 0.717) is 61.7 Å². The lowest BCUT2D eigenvalue weighted by molar-refractivity contribution is 0.111. The Morgan fingerprint density at radius 3 is 2.73 bits per heavy atom. The number of carbonyl (C=O) groups excluding carboxylic acids is 1. The van der Waals surface area contributed by atoms with Gasteiger partial charge < -0.3 is 14.0 Å². The molecule has 0 amide bonds. The van der Waals surface area contributed by atoms with E-state index in [1.807, 2.05) is 37.5 Å². The van der Waals surface area contributed by atoms with E-state index in [2.05, 4.69) is 10.2 Å². The summed E-state index contributed by atoms with van der Waals surface area (Å²) in [6.07, 6.45) is 3.90. The molecule has 0 fully saturated rings. The summed E-state index contributed by atoms with van der Waals surface area (Å²) >= 11 is 6.28. The topological polar surface area (TPSA) is 69.1 Å². The van der Waals surface area contributed by atoms with Crippen LogP contribution in [0.4, 0.5) is 4.39 Å². The van der Waals surface area contributed by atoms with Gasteiger partial charge in [0.1, 0.15) is 11.6 Å². The fourth-order valence-corrected chi connectivity index (χ4v) is 5.48. The molecule has 2 aromatic carbocycles. The summed E-state index contributed by atoms with van der Waals surface area (Å²) in [5.41, 5.74) is 6.86. The molecule has 0 radical (unpaired) electrons. The summed E-state index contributed by atoms with van der Waals surface area (Å²) in [5.74, 6) is 0.443. The van der Waals surface area contributed by atoms with Gasteiger partial charge in [-0.3, -0.25) is 9.89 Å². The summed E-state index contributed by atoms with van der Waals surface area (Å²) in [5, 5.41) is 9.04. The monoisotopic (exact) mass is 523 g/mol. The first-order valence-electron chi connectivity index (χ1n) is 12.7. The maximum absolute atomic E-state index is 15.5. The summed E-state index contributed by atoms with van der Waals surface area (Å²) < 4.78 is 29.4. The van der Waals surface area contributed by atoms with Gasteiger partial charge in [0, 0.05) is 40.4 Å². The number of fused-ring (bicyclic) bond motifs is 2. The number of aldehydes is 1. The van der Waals surface area contributed by atoms with Gasteiger partial charge in [0.25, 0.3) is 0 Å². The van der Waals surface area contributed by atoms with E-state index in [1.165, 1.54) is 6.07 Å². The first kappa shape index (κ1) is 25.5. The van der Waals surface area contributed by atoms with Crippen LogP contribution in [0.2, 0.25) is 5.02 Å². The second kappa shape index (κ2) is 10.7. The van der Waals surface area contributed by atoms with Gasteiger partial charge >= 0.3 is 0 Å². The summed E-state index contributed by atoms with van der Waals surface area (Å²) in [7, 11) is 0. The quantitative estimate of drug-likeness (QED) is 0.221. The zero-order chi connectivity index (χ0) is 26.1. The zero-order valence-electron chi connectivity index (χ0n) is 21.4. The molecule has 0 unspecified atom stereocenters. The molecule has 0 atom stereocenters. The van der Waals surface area contributed by atoms with E-state index in [9.17, 15) is 4.79 Å². The normalized spacial score (nSPS) is 13.9. The Morgan fingerprint density at radius 1 is 1.19 bits per heavy atom. The lowest BCUT2D eigenvalue weighted by Crippen LogP contribution is -2.06. The Kier molecular flexibility index (Phi) is 7.36. The van der Waals surface area contributed by atoms with Crippen molar-refractivity contribution in [3.05, 3.63) is 68.9 Å². The molecule has 0 saturated carbocycles. The van der Waals surface area contributed by atoms with Gasteiger partial charge in [0.05, 0.1) is 30.1 Å². The molecule has 1 aliphatic heterocycles. The predicted octanol–water partition coefficient (Wildman–Crippen LogP) is 6.88. The largest absolute Gasteiger partial charge is 0.494 e. The molecule has 0 spiro atoms. The molecule has 8 heteroatoms. The highest BCUT2D eigenvalue weighted by molar-refractivity contribution is 6.32. The minimum atomic E-state index is -0.336. The molecule has 1 N–H and O–H groups in total. The van der Waals surface area contributed by atoms with Crippen molar-refractivity contribution in [3.63, 3.8) is 0 Å². The van der Waals surface area contributed by atoms with Crippen LogP contribution >= 0.6 is 11.6 Å². The molecule has 6 nitrogen and oxygen atoms in total. The van der Waals surface area contributed by atoms with Crippen molar-refractivity contribution in [3.8, 4) is 16.9 Å². The van der Waals surface area contributed by atoms with Crippen LogP contribution in [0.3, 0.4) is 0 Å². The van der Waals surface area contributed by atoms with Gasteiger partial charge in [0.2, 0.25) is 0 Å². The number of ether oxygens (including phenoxy) is 2. The SMILES string of the molecule is Cc1cc(OCCCc2c(C=O)n3c4c(c(F)ccc24)-c2c(n[nH]c2C)COCCCC3)cc(C)c1Cl. The first-order valence-corrected chi connectivity index (χ1v) is 13.1. The van der Waals surface area contributed by atoms with E-state index in [4.69, 9.17) is 21.1 Å². The number of benzene rings is 2. The van der Waals surface area contributed by atoms with Gasteiger partial charge in [-0.1, -0.05) is 11.6 Å². The molecular formula is C29H31ClFN3O3. The average Bonchev–Trinajstić information content (AvgIpc) is 3.37. The molecule has 5 rings (SSSR count). The number of nitrogens with one attached hydrogen (secondary N) is 1. The number of carbonyl (C=O) groups is 1. The number of H-pyrrole nitrogens is 1. The van der Waals surface area contributed by atoms with E-state index in [-0.39, 0.29) is 5.82 Å². The highest BCUT2D eigenvalue weighted by atomic mass is 35.5. The van der Waals surface area contributed by atoms with Gasteiger partial charge in [0.15, 0.2) is 6.29 Å². The number of hydrogen-bond acceptors (Lipinski definition) is 4. The number of halogens is 2. The van der Waals surface area contributed by atoms with Crippen molar-refractivity contribution in [2.75, 3.05) is 13.2 Å². The number of rotatable bonds is 6. The fraction of sp³-hybridized carbons (Fsp3) is 0.379. The first-order chi connectivity index (χ1) is 17.9. The smallest absolute Gasteiger partial charge is 0.166 e. The summed E-state index contributed by atoms with van der Waals surface area (Å²) in [6, 6.07) is 7.16. The number of hydrogen-bond donors (Lipinski definition) is 1. The molecular weight excluding hydrogens is 493 g/mol. The number of nitrogens with zero attached hydrogens (tertiary/aromatic N) is 2. The lowest BCUT2D eigenvalue weighted by atomic mass is 9.98. The Labute approximate surface area is 220 Å². The van der Waals surface area contributed by atoms with Crippen LogP contribution in [-0.4, -0.2) is 34.3 Å². The third-order valence-electron chi connectivity index (χ3n) is 7.11. The Balaban J connectivity index is 1.53. The van der Waals surface area contributed by atoms with Crippen molar-refractivity contribution in [2.45, 2.75) is 59.6 Å². The second-order valence-electron chi connectivity index (χ2n) is 9.70. The summed E-state index contributed by atoms with van der Waals surface area (Å²) in [6.45, 7) is 7.79. The minimum absolute atomic E-state index is 0.310. The minimum Gasteiger partial charge on any atom is -0.494 e. The Morgan fingerprint density at radius 2 is 1.97 bits per heavy atom. The lowest BCUT2D eigenvalue weighted by Gasteiger charge is -2.12. The van der Waals surface area contributed by atoms with Crippen LogP contribution in [0.5, 0.6) is 5.75 Å². The van der Waals surface area contributed by atoms with Crippen molar-refractivity contribution >= 4 is 28.8 Å². The van der Waals surface area contributed by atoms with Crippen molar-refractivity contribution < 1.29 is 18.7 Å². The van der Waals surface area contributed by atoms with Gasteiger partial charge in [-0.15, -0.1) is 0 Å². The van der Waals surface area contributed by atoms with Gasteiger partial charge in [-0.25, -0.2) is 4.39 Å². The van der Waals surface area contributed by atoms with Crippen LogP contribution in [0, 0.1) is 26.6 Å². The average molecular weight is 524 g/mol. The zero-order valence-corrected chi connectivity index (χ0v) is 22.2. The molecule has 37 heavy (non-hydrogen) atoms. The molecule has 3 heterocycles. The van der Waals surface area contributed by atoms with Crippen LogP contribution < -0.4 is 4.74 Å². The van der Waals surface area contributed by atoms with Gasteiger partial charge in [-0.2, -0.15) is 5.10 Å². The maximum atomic E-state index is 15.5. The van der Waals surface area contributed by atoms with Crippen molar-refractivity contribution in [1.82, 2.24) is 14.8 Å². The molecule has 4 aromatic rings. The van der Waals surface area contributed by atoms with Crippen LogP contribution in [0.1, 0.15) is 57.8 Å². The van der Waals surface area contributed by atoms with Gasteiger partial charge in [-0.05, 0) is 87.4 Å². The van der Waals surface area contributed by atoms with E-state index in [1.54, 1.807) is 6.07 Å². The standard InChI is InChI=1S/C29H31ClFN3O3/c1-17-13-20(14-18(2)28(17)30)37-12-6-7-21-22-8-9-23(31)27-26-19(3)32-33-24(26)16-36-11-5-4-10-34(29(22)27)25(21)15-35/h8-9,13-15H,4-7,10-12,16H2,1-3H3,(H,32,33). The molecule has 2 aromatic heterocycles. The second-order valence-corrected chi connectivity index (χ2v) is 10.1. The van der Waals surface area contributed by atoms with Crippen molar-refractivity contribution in [2.24, 2.45) is 0 Å². The maximum Gasteiger partial charge on any atom is 0.166 e. The predicted molar refractivity (Wildman–Crippen MR) is 143 cm³/mol. The molecule has 0 saturated heterocycles. The van der Waals surface area contributed by atoms with Crippen LogP contribution in [-0.2, 0) is 24.3 Å². The van der Waals surface area contributed by atoms with Crippen LogP contribution in [0.25, 0.3) is 22.0 Å². The van der Waals surface area contributed by atoms with Crippen LogP contribution in [0.15, 0.2) is 24.3 Å². The number of aromatic nitrogens is 3. The third-order valence-corrected chi connectivity index (χ3v) is 7.71. The highest BCUT2D eigenvalue weighted by Gasteiger charge is 2.26. The third kappa shape index (κ3) is 4.78. The Bertz CT molecular complexity index is 1450.